The molecule has 36 heavy (non-hydrogen) atoms. The second kappa shape index (κ2) is 12.3. The van der Waals surface area contributed by atoms with Crippen molar-refractivity contribution >= 4 is 35.4 Å². The van der Waals surface area contributed by atoms with Crippen LogP contribution in [-0.4, -0.2) is 66.5 Å². The molecule has 1 amide bonds. The van der Waals surface area contributed by atoms with Crippen molar-refractivity contribution in [3.63, 3.8) is 0 Å². The predicted molar refractivity (Wildman–Crippen MR) is 149 cm³/mol. The van der Waals surface area contributed by atoms with Crippen molar-refractivity contribution in [2.45, 2.75) is 38.0 Å². The van der Waals surface area contributed by atoms with E-state index >= 15 is 0 Å². The molecule has 194 valence electrons. The Labute approximate surface area is 215 Å². The van der Waals surface area contributed by atoms with E-state index in [0.29, 0.717) is 25.1 Å². The number of aliphatic hydroxyl groups excluding tert-OH is 1. The Balaban J connectivity index is 1.43. The normalized spacial score (nSPS) is 15.8. The molecule has 0 saturated carbocycles. The number of fused-ring (bicyclic) bond motifs is 1. The maximum absolute atomic E-state index is 12.9. The summed E-state index contributed by atoms with van der Waals surface area (Å²) in [5.41, 5.74) is 10.0. The number of nitrogens with zero attached hydrogens (tertiary/aromatic N) is 1. The van der Waals surface area contributed by atoms with E-state index in [0.717, 1.165) is 74.2 Å². The van der Waals surface area contributed by atoms with Gasteiger partial charge in [0.05, 0.1) is 16.8 Å². The number of nitrogens with two attached hydrogens (primary N) is 1. The lowest BCUT2D eigenvalue weighted by Crippen LogP contribution is -2.39. The molecule has 0 spiro atoms. The van der Waals surface area contributed by atoms with Crippen molar-refractivity contribution in [3.8, 4) is 11.1 Å². The highest BCUT2D eigenvalue weighted by Gasteiger charge is 2.30. The van der Waals surface area contributed by atoms with Crippen LogP contribution in [0.3, 0.4) is 0 Å². The highest BCUT2D eigenvalue weighted by Crippen LogP contribution is 2.37. The smallest absolute Gasteiger partial charge is 0.250 e. The highest BCUT2D eigenvalue weighted by molar-refractivity contribution is 7.89. The third-order valence-corrected chi connectivity index (χ3v) is 10.4. The van der Waals surface area contributed by atoms with Gasteiger partial charge >= 0.3 is 0 Å². The number of primary amides is 1. The first-order valence-corrected chi connectivity index (χ1v) is 15.7. The molecule has 1 fully saturated rings. The number of aliphatic hydroxyl groups is 1. The number of H-pyrrole nitrogens is 1. The largest absolute Gasteiger partial charge is 0.396 e. The van der Waals surface area contributed by atoms with Crippen LogP contribution < -0.4 is 5.73 Å². The molecule has 1 aromatic heterocycles. The van der Waals surface area contributed by atoms with E-state index in [-0.39, 0.29) is 18.3 Å². The van der Waals surface area contributed by atoms with Crippen molar-refractivity contribution < 1.29 is 18.3 Å². The molecule has 0 aliphatic carbocycles. The van der Waals surface area contributed by atoms with E-state index in [9.17, 15) is 13.2 Å². The van der Waals surface area contributed by atoms with Crippen LogP contribution in [0.15, 0.2) is 48.7 Å². The van der Waals surface area contributed by atoms with E-state index in [4.69, 9.17) is 10.8 Å². The average molecular weight is 530 g/mol. The van der Waals surface area contributed by atoms with Gasteiger partial charge in [0, 0.05) is 31.3 Å². The quantitative estimate of drug-likeness (QED) is 0.240. The number of rotatable bonds is 12. The van der Waals surface area contributed by atoms with E-state index < -0.39 is 15.9 Å². The number of hydrogen-bond acceptors (Lipinski definition) is 4. The summed E-state index contributed by atoms with van der Waals surface area (Å²) in [6.07, 6.45) is 7.99. The summed E-state index contributed by atoms with van der Waals surface area (Å²) in [5.74, 6) is -0.0498. The second-order valence-corrected chi connectivity index (χ2v) is 13.0. The van der Waals surface area contributed by atoms with Gasteiger partial charge < -0.3 is 15.8 Å². The van der Waals surface area contributed by atoms with Crippen molar-refractivity contribution in [1.29, 1.82) is 0 Å². The summed E-state index contributed by atoms with van der Waals surface area (Å²) in [7, 11) is -2.48. The fourth-order valence-corrected chi connectivity index (χ4v) is 7.99. The van der Waals surface area contributed by atoms with Crippen LogP contribution in [0.2, 0.25) is 0 Å². The summed E-state index contributed by atoms with van der Waals surface area (Å²) < 4.78 is 27.4. The molecule has 2 heterocycles. The number of nitrogens with one attached hydrogen (secondary N) is 1. The van der Waals surface area contributed by atoms with Gasteiger partial charge in [0.25, 0.3) is 5.91 Å². The summed E-state index contributed by atoms with van der Waals surface area (Å²) in [5, 5.41) is 9.82. The Hall–Kier alpha value is -2.25. The molecule has 3 aromatic rings. The number of aromatic amines is 1. The average Bonchev–Trinajstić information content (AvgIpc) is 3.32. The SMILES string of the molecule is NC(=O)c1cc(-c2ccccc2)cc2c(C3CCN(S(=O)(=O)CCCPCCCCO)CC3)c[nH]c12. The lowest BCUT2D eigenvalue weighted by atomic mass is 9.88. The first-order chi connectivity index (χ1) is 17.4. The first kappa shape index (κ1) is 26.8. The second-order valence-electron chi connectivity index (χ2n) is 9.44. The standard InChI is InChI=1S/C27H36N3O4PS/c28-27(32)24-18-22(20-7-2-1-3-8-20)17-23-25(19-29-26(23)24)21-9-11-30(12-10-21)36(33,34)16-6-15-35-14-5-4-13-31/h1-3,7-8,17-19,21,29,31,35H,4-6,9-16H2,(H2,28,32). The number of amides is 1. The van der Waals surface area contributed by atoms with Gasteiger partial charge in [-0.3, -0.25) is 4.79 Å². The van der Waals surface area contributed by atoms with Gasteiger partial charge in [0.1, 0.15) is 0 Å². The zero-order valence-electron chi connectivity index (χ0n) is 20.6. The maximum atomic E-state index is 12.9. The molecule has 1 saturated heterocycles. The van der Waals surface area contributed by atoms with E-state index in [1.807, 2.05) is 42.6 Å². The number of aromatic nitrogens is 1. The first-order valence-electron chi connectivity index (χ1n) is 12.7. The molecule has 0 radical (unpaired) electrons. The molecule has 1 atom stereocenters. The monoisotopic (exact) mass is 529 g/mol. The van der Waals surface area contributed by atoms with Crippen LogP contribution >= 0.6 is 8.58 Å². The van der Waals surface area contributed by atoms with Crippen LogP contribution in [0.25, 0.3) is 22.0 Å². The lowest BCUT2D eigenvalue weighted by Gasteiger charge is -2.31. The van der Waals surface area contributed by atoms with Crippen molar-refractivity contribution in [2.75, 3.05) is 37.8 Å². The lowest BCUT2D eigenvalue weighted by molar-refractivity contribution is 0.100. The molecule has 4 N–H and O–H groups in total. The van der Waals surface area contributed by atoms with Gasteiger partial charge in [-0.1, -0.05) is 30.3 Å². The third kappa shape index (κ3) is 6.35. The molecule has 9 heteroatoms. The van der Waals surface area contributed by atoms with Gasteiger partial charge in [0.15, 0.2) is 0 Å². The van der Waals surface area contributed by atoms with Crippen LogP contribution in [-0.2, 0) is 10.0 Å². The summed E-state index contributed by atoms with van der Waals surface area (Å²) in [6, 6.07) is 13.9. The number of unbranched alkanes of at least 4 members (excludes halogenated alkanes) is 1. The van der Waals surface area contributed by atoms with Crippen molar-refractivity contribution in [2.24, 2.45) is 5.73 Å². The summed E-state index contributed by atoms with van der Waals surface area (Å²) in [6.45, 7) is 1.26. The van der Waals surface area contributed by atoms with Crippen LogP contribution in [0, 0.1) is 0 Å². The molecule has 1 unspecified atom stereocenters. The predicted octanol–water partition coefficient (Wildman–Crippen LogP) is 4.28. The zero-order chi connectivity index (χ0) is 25.5. The molecule has 1 aliphatic heterocycles. The van der Waals surface area contributed by atoms with Crippen LogP contribution in [0.1, 0.15) is 53.9 Å². The summed E-state index contributed by atoms with van der Waals surface area (Å²) in [4.78, 5) is 15.5. The minimum atomic E-state index is -3.25. The van der Waals surface area contributed by atoms with E-state index in [1.165, 1.54) is 0 Å². The highest BCUT2D eigenvalue weighted by atomic mass is 32.2. The molecule has 1 aliphatic rings. The Bertz CT molecular complexity index is 1270. The minimum Gasteiger partial charge on any atom is -0.396 e. The maximum Gasteiger partial charge on any atom is 0.250 e. The molecule has 0 bridgehead atoms. The van der Waals surface area contributed by atoms with Crippen LogP contribution in [0.4, 0.5) is 0 Å². The van der Waals surface area contributed by atoms with Crippen molar-refractivity contribution in [1.82, 2.24) is 9.29 Å². The number of piperidine rings is 1. The number of hydrogen-bond donors (Lipinski definition) is 3. The summed E-state index contributed by atoms with van der Waals surface area (Å²) >= 11 is 0. The Morgan fingerprint density at radius 2 is 1.78 bits per heavy atom. The number of benzene rings is 2. The molecule has 7 nitrogen and oxygen atoms in total. The van der Waals surface area contributed by atoms with E-state index in [1.54, 1.807) is 4.31 Å². The number of carbonyl (C=O) groups is 1. The molecule has 2 aromatic carbocycles. The van der Waals surface area contributed by atoms with Crippen molar-refractivity contribution in [3.05, 3.63) is 59.8 Å². The zero-order valence-corrected chi connectivity index (χ0v) is 22.4. The van der Waals surface area contributed by atoms with Crippen LogP contribution in [0.5, 0.6) is 0 Å². The fraction of sp³-hybridized carbons (Fsp3) is 0.444. The number of sulfonamides is 1. The van der Waals surface area contributed by atoms with Gasteiger partial charge in [0.2, 0.25) is 10.0 Å². The fourth-order valence-electron chi connectivity index (χ4n) is 5.02. The van der Waals surface area contributed by atoms with Gasteiger partial charge in [-0.25, -0.2) is 12.7 Å². The topological polar surface area (TPSA) is 116 Å². The Kier molecular flexibility index (Phi) is 9.18. The third-order valence-electron chi connectivity index (χ3n) is 7.00. The van der Waals surface area contributed by atoms with Gasteiger partial charge in [-0.05, 0) is 79.2 Å². The minimum absolute atomic E-state index is 0.208. The molecular formula is C27H36N3O4PS. The van der Waals surface area contributed by atoms with Gasteiger partial charge in [-0.15, -0.1) is 8.58 Å². The van der Waals surface area contributed by atoms with E-state index in [2.05, 4.69) is 11.1 Å². The Morgan fingerprint density at radius 3 is 2.47 bits per heavy atom. The van der Waals surface area contributed by atoms with Gasteiger partial charge in [-0.2, -0.15) is 0 Å². The number of carbonyl (C=O) groups excluding carboxylic acids is 1. The Morgan fingerprint density at radius 1 is 1.06 bits per heavy atom. The molecule has 4 rings (SSSR count). The molecular weight excluding hydrogens is 493 g/mol.